The van der Waals surface area contributed by atoms with E-state index >= 15 is 0 Å². The number of rotatable bonds is 4. The van der Waals surface area contributed by atoms with Crippen LogP contribution < -0.4 is 5.32 Å². The normalized spacial score (nSPS) is 12.2. The van der Waals surface area contributed by atoms with Gasteiger partial charge in [-0.25, -0.2) is 4.39 Å². The molecule has 0 radical (unpaired) electrons. The molecule has 2 rings (SSSR count). The molecule has 2 aromatic carbocycles. The maximum Gasteiger partial charge on any atom is 0.123 e. The van der Waals surface area contributed by atoms with E-state index in [1.807, 2.05) is 0 Å². The Morgan fingerprint density at radius 3 is 2.68 bits per heavy atom. The molecule has 0 spiro atoms. The van der Waals surface area contributed by atoms with E-state index in [-0.39, 0.29) is 12.4 Å². The Hall–Kier alpha value is -1.29. The molecule has 0 aliphatic rings. The summed E-state index contributed by atoms with van der Waals surface area (Å²) >= 11 is 11.8. The molecule has 0 aliphatic carbocycles. The minimum atomic E-state index is -0.828. The molecular formula is C14H12Cl2FNO. The molecule has 0 saturated carbocycles. The minimum absolute atomic E-state index is 0.212. The van der Waals surface area contributed by atoms with E-state index in [9.17, 15) is 9.50 Å². The maximum absolute atomic E-state index is 13.0. The van der Waals surface area contributed by atoms with Crippen LogP contribution in [0.5, 0.6) is 0 Å². The average Bonchev–Trinajstić information content (AvgIpc) is 2.39. The Bertz CT molecular complexity index is 577. The summed E-state index contributed by atoms with van der Waals surface area (Å²) in [5.41, 5.74) is 1.13. The van der Waals surface area contributed by atoms with Crippen LogP contribution in [0.4, 0.5) is 10.1 Å². The van der Waals surface area contributed by atoms with E-state index in [0.29, 0.717) is 21.3 Å². The molecule has 0 saturated heterocycles. The maximum atomic E-state index is 13.0. The van der Waals surface area contributed by atoms with Gasteiger partial charge in [-0.1, -0.05) is 35.3 Å². The Morgan fingerprint density at radius 2 is 1.95 bits per heavy atom. The van der Waals surface area contributed by atoms with Crippen LogP contribution in [0.15, 0.2) is 42.5 Å². The van der Waals surface area contributed by atoms with Gasteiger partial charge in [-0.3, -0.25) is 0 Å². The summed E-state index contributed by atoms with van der Waals surface area (Å²) in [4.78, 5) is 0. The molecule has 1 unspecified atom stereocenters. The molecule has 5 heteroatoms. The lowest BCUT2D eigenvalue weighted by atomic mass is 10.1. The Kier molecular flexibility index (Phi) is 4.64. The van der Waals surface area contributed by atoms with Gasteiger partial charge in [0.1, 0.15) is 5.82 Å². The largest absolute Gasteiger partial charge is 0.387 e. The summed E-state index contributed by atoms with van der Waals surface area (Å²) in [5.74, 6) is -0.377. The van der Waals surface area contributed by atoms with Crippen LogP contribution in [0.1, 0.15) is 11.7 Å². The molecule has 2 N–H and O–H groups in total. The number of hydrogen-bond donors (Lipinski definition) is 2. The zero-order valence-corrected chi connectivity index (χ0v) is 11.4. The van der Waals surface area contributed by atoms with Gasteiger partial charge in [0.25, 0.3) is 0 Å². The average molecular weight is 300 g/mol. The second kappa shape index (κ2) is 6.24. The van der Waals surface area contributed by atoms with Gasteiger partial charge in [0.15, 0.2) is 0 Å². The second-order valence-corrected chi connectivity index (χ2v) is 4.92. The molecule has 0 heterocycles. The third-order valence-electron chi connectivity index (χ3n) is 2.65. The predicted octanol–water partition coefficient (Wildman–Crippen LogP) is 4.28. The van der Waals surface area contributed by atoms with Crippen molar-refractivity contribution < 1.29 is 9.50 Å². The number of benzene rings is 2. The van der Waals surface area contributed by atoms with Crippen molar-refractivity contribution in [3.05, 3.63) is 63.9 Å². The zero-order chi connectivity index (χ0) is 13.8. The summed E-state index contributed by atoms with van der Waals surface area (Å²) in [6, 6.07) is 10.9. The van der Waals surface area contributed by atoms with Gasteiger partial charge in [-0.15, -0.1) is 0 Å². The molecule has 0 aliphatic heterocycles. The monoisotopic (exact) mass is 299 g/mol. The van der Waals surface area contributed by atoms with Gasteiger partial charge in [-0.05, 0) is 35.9 Å². The lowest BCUT2D eigenvalue weighted by Gasteiger charge is -2.14. The third kappa shape index (κ3) is 3.83. The van der Waals surface area contributed by atoms with E-state index in [1.165, 1.54) is 12.1 Å². The fourth-order valence-electron chi connectivity index (χ4n) is 1.67. The summed E-state index contributed by atoms with van der Waals surface area (Å²) in [6.45, 7) is 0.212. The predicted molar refractivity (Wildman–Crippen MR) is 76.3 cm³/mol. The third-order valence-corrected chi connectivity index (χ3v) is 3.21. The minimum Gasteiger partial charge on any atom is -0.387 e. The molecule has 2 nitrogen and oxygen atoms in total. The summed E-state index contributed by atoms with van der Waals surface area (Å²) in [7, 11) is 0. The standard InChI is InChI=1S/C14H12Cl2FNO/c15-10-4-5-12(16)13(7-10)18-8-14(19)9-2-1-3-11(17)6-9/h1-7,14,18-19H,8H2. The highest BCUT2D eigenvalue weighted by Crippen LogP contribution is 2.26. The van der Waals surface area contributed by atoms with Crippen LogP contribution in [0.3, 0.4) is 0 Å². The van der Waals surface area contributed by atoms with Crippen LogP contribution >= 0.6 is 23.2 Å². The van der Waals surface area contributed by atoms with Crippen molar-refractivity contribution in [1.82, 2.24) is 0 Å². The number of nitrogens with one attached hydrogen (secondary N) is 1. The van der Waals surface area contributed by atoms with E-state index in [4.69, 9.17) is 23.2 Å². The lowest BCUT2D eigenvalue weighted by Crippen LogP contribution is -2.12. The summed E-state index contributed by atoms with van der Waals surface area (Å²) in [5, 5.41) is 14.0. The van der Waals surface area contributed by atoms with E-state index in [1.54, 1.807) is 30.3 Å². The van der Waals surface area contributed by atoms with Crippen LogP contribution in [0.2, 0.25) is 10.0 Å². The highest BCUT2D eigenvalue weighted by Gasteiger charge is 2.09. The van der Waals surface area contributed by atoms with Gasteiger partial charge in [0.05, 0.1) is 16.8 Å². The van der Waals surface area contributed by atoms with Gasteiger partial charge in [0.2, 0.25) is 0 Å². The van der Waals surface area contributed by atoms with Gasteiger partial charge in [0, 0.05) is 11.6 Å². The zero-order valence-electron chi connectivity index (χ0n) is 9.91. The van der Waals surface area contributed by atoms with Crippen molar-refractivity contribution in [2.75, 3.05) is 11.9 Å². The molecule has 0 aromatic heterocycles. The van der Waals surface area contributed by atoms with Gasteiger partial charge < -0.3 is 10.4 Å². The topological polar surface area (TPSA) is 32.3 Å². The van der Waals surface area contributed by atoms with Crippen LogP contribution in [-0.4, -0.2) is 11.7 Å². The fourth-order valence-corrected chi connectivity index (χ4v) is 2.03. The first-order chi connectivity index (χ1) is 9.06. The first kappa shape index (κ1) is 14.1. The Labute approximate surface area is 120 Å². The number of aliphatic hydroxyl groups excluding tert-OH is 1. The molecule has 1 atom stereocenters. The van der Waals surface area contributed by atoms with Crippen molar-refractivity contribution in [3.63, 3.8) is 0 Å². The molecule has 0 fully saturated rings. The second-order valence-electron chi connectivity index (χ2n) is 4.08. The Balaban J connectivity index is 2.04. The van der Waals surface area contributed by atoms with E-state index in [2.05, 4.69) is 5.32 Å². The fraction of sp³-hybridized carbons (Fsp3) is 0.143. The number of anilines is 1. The van der Waals surface area contributed by atoms with Crippen molar-refractivity contribution in [1.29, 1.82) is 0 Å². The molecular weight excluding hydrogens is 288 g/mol. The van der Waals surface area contributed by atoms with Crippen LogP contribution in [0, 0.1) is 5.82 Å². The first-order valence-corrected chi connectivity index (χ1v) is 6.44. The van der Waals surface area contributed by atoms with Gasteiger partial charge >= 0.3 is 0 Å². The quantitative estimate of drug-likeness (QED) is 0.883. The molecule has 0 bridgehead atoms. The first-order valence-electron chi connectivity index (χ1n) is 5.69. The molecule has 2 aromatic rings. The number of halogens is 3. The summed E-state index contributed by atoms with van der Waals surface area (Å²) < 4.78 is 13.0. The van der Waals surface area contributed by atoms with E-state index in [0.717, 1.165) is 0 Å². The number of hydrogen-bond acceptors (Lipinski definition) is 2. The van der Waals surface area contributed by atoms with Crippen molar-refractivity contribution in [2.24, 2.45) is 0 Å². The molecule has 100 valence electrons. The van der Waals surface area contributed by atoms with E-state index < -0.39 is 6.10 Å². The van der Waals surface area contributed by atoms with Crippen molar-refractivity contribution in [3.8, 4) is 0 Å². The summed E-state index contributed by atoms with van der Waals surface area (Å²) in [6.07, 6.45) is -0.828. The van der Waals surface area contributed by atoms with Crippen LogP contribution in [-0.2, 0) is 0 Å². The molecule has 19 heavy (non-hydrogen) atoms. The van der Waals surface area contributed by atoms with Crippen LogP contribution in [0.25, 0.3) is 0 Å². The van der Waals surface area contributed by atoms with Crippen molar-refractivity contribution in [2.45, 2.75) is 6.10 Å². The Morgan fingerprint density at radius 1 is 1.16 bits per heavy atom. The highest BCUT2D eigenvalue weighted by atomic mass is 35.5. The van der Waals surface area contributed by atoms with Crippen molar-refractivity contribution >= 4 is 28.9 Å². The van der Waals surface area contributed by atoms with Gasteiger partial charge in [-0.2, -0.15) is 0 Å². The SMILES string of the molecule is OC(CNc1cc(Cl)ccc1Cl)c1cccc(F)c1. The molecule has 0 amide bonds. The smallest absolute Gasteiger partial charge is 0.123 e. The number of aliphatic hydroxyl groups is 1. The lowest BCUT2D eigenvalue weighted by molar-refractivity contribution is 0.191. The highest BCUT2D eigenvalue weighted by molar-refractivity contribution is 6.35.